The molecule has 0 saturated carbocycles. The summed E-state index contributed by atoms with van der Waals surface area (Å²) in [5.41, 5.74) is 2.26. The van der Waals surface area contributed by atoms with Gasteiger partial charge in [-0.1, -0.05) is 44.9 Å². The van der Waals surface area contributed by atoms with Crippen LogP contribution in [-0.2, 0) is 4.79 Å². The average Bonchev–Trinajstić information content (AvgIpc) is 2.92. The SMILES string of the molecule is CCCCC1CN(c2ccccc2)c2cc(SCC)c(O/C=C(\F)C=O)cc2SN1C. The summed E-state index contributed by atoms with van der Waals surface area (Å²) in [5.74, 6) is 0.480. The molecule has 1 heterocycles. The lowest BCUT2D eigenvalue weighted by Crippen LogP contribution is -2.35. The number of benzene rings is 2. The third kappa shape index (κ3) is 6.05. The van der Waals surface area contributed by atoms with Gasteiger partial charge in [0.2, 0.25) is 0 Å². The molecule has 7 heteroatoms. The molecule has 31 heavy (non-hydrogen) atoms. The molecule has 166 valence electrons. The standard InChI is InChI=1S/C24H29FN2O2S2/c1-4-6-10-20-15-27(19-11-8-7-9-12-19)21-13-24(30-5-2)22(29-17-18(25)16-28)14-23(21)31-26(20)3/h7-9,11-14,16-17,20H,4-6,10,15H2,1-3H3/b18-17-. The Hall–Kier alpha value is -1.96. The van der Waals surface area contributed by atoms with Gasteiger partial charge in [0.25, 0.3) is 0 Å². The Morgan fingerprint density at radius 1 is 1.29 bits per heavy atom. The summed E-state index contributed by atoms with van der Waals surface area (Å²) in [4.78, 5) is 15.0. The third-order valence-corrected chi connectivity index (χ3v) is 7.16. The first-order valence-electron chi connectivity index (χ1n) is 10.6. The number of hydrogen-bond donors (Lipinski definition) is 0. The van der Waals surface area contributed by atoms with E-state index in [0.29, 0.717) is 11.8 Å². The molecule has 3 rings (SSSR count). The van der Waals surface area contributed by atoms with Crippen LogP contribution in [0.25, 0.3) is 0 Å². The molecule has 1 unspecified atom stereocenters. The number of thioether (sulfide) groups is 1. The minimum Gasteiger partial charge on any atom is -0.461 e. The highest BCUT2D eigenvalue weighted by Gasteiger charge is 2.28. The smallest absolute Gasteiger partial charge is 0.197 e. The Morgan fingerprint density at radius 2 is 2.06 bits per heavy atom. The highest BCUT2D eigenvalue weighted by Crippen LogP contribution is 2.46. The number of likely N-dealkylation sites (N-methyl/N-ethyl adjacent to an activating group) is 1. The van der Waals surface area contributed by atoms with Crippen molar-refractivity contribution in [2.24, 2.45) is 0 Å². The van der Waals surface area contributed by atoms with Crippen molar-refractivity contribution in [2.75, 3.05) is 24.2 Å². The monoisotopic (exact) mass is 460 g/mol. The van der Waals surface area contributed by atoms with Crippen LogP contribution in [0.4, 0.5) is 15.8 Å². The molecule has 0 fully saturated rings. The number of rotatable bonds is 9. The summed E-state index contributed by atoms with van der Waals surface area (Å²) in [6.07, 6.45) is 4.48. The van der Waals surface area contributed by atoms with Crippen LogP contribution in [0.3, 0.4) is 0 Å². The highest BCUT2D eigenvalue weighted by atomic mass is 32.2. The van der Waals surface area contributed by atoms with Crippen molar-refractivity contribution in [1.29, 1.82) is 0 Å². The van der Waals surface area contributed by atoms with E-state index in [9.17, 15) is 9.18 Å². The number of fused-ring (bicyclic) bond motifs is 1. The number of hydrogen-bond acceptors (Lipinski definition) is 6. The molecule has 1 aliphatic heterocycles. The Kier molecular flexibility index (Phi) is 8.87. The van der Waals surface area contributed by atoms with Gasteiger partial charge >= 0.3 is 0 Å². The summed E-state index contributed by atoms with van der Waals surface area (Å²) < 4.78 is 21.3. The van der Waals surface area contributed by atoms with E-state index in [2.05, 4.69) is 60.4 Å². The minimum absolute atomic E-state index is 0.147. The van der Waals surface area contributed by atoms with Crippen molar-refractivity contribution in [3.63, 3.8) is 0 Å². The van der Waals surface area contributed by atoms with E-state index in [1.165, 1.54) is 6.42 Å². The first kappa shape index (κ1) is 23.7. The fourth-order valence-electron chi connectivity index (χ4n) is 3.54. The molecule has 0 radical (unpaired) electrons. The molecule has 2 aromatic carbocycles. The van der Waals surface area contributed by atoms with Gasteiger partial charge in [0.15, 0.2) is 12.1 Å². The number of aldehydes is 1. The van der Waals surface area contributed by atoms with Crippen LogP contribution in [0, 0.1) is 0 Å². The number of carbonyl (C=O) groups is 1. The number of para-hydroxylation sites is 1. The lowest BCUT2D eigenvalue weighted by Gasteiger charge is -2.30. The summed E-state index contributed by atoms with van der Waals surface area (Å²) in [6, 6.07) is 14.9. The first-order valence-corrected chi connectivity index (χ1v) is 12.3. The number of anilines is 2. The maximum Gasteiger partial charge on any atom is 0.197 e. The van der Waals surface area contributed by atoms with Gasteiger partial charge in [-0.05, 0) is 55.4 Å². The molecular weight excluding hydrogens is 431 g/mol. The fraction of sp³-hybridized carbons (Fsp3) is 0.375. The largest absolute Gasteiger partial charge is 0.461 e. The van der Waals surface area contributed by atoms with Crippen LogP contribution in [0.1, 0.15) is 33.1 Å². The Balaban J connectivity index is 2.08. The molecule has 0 N–H and O–H groups in total. The second kappa shape index (κ2) is 11.6. The summed E-state index contributed by atoms with van der Waals surface area (Å²) >= 11 is 3.33. The topological polar surface area (TPSA) is 32.8 Å². The maximum atomic E-state index is 13.4. The van der Waals surface area contributed by atoms with Gasteiger partial charge in [0.05, 0.1) is 15.5 Å². The van der Waals surface area contributed by atoms with Crippen molar-refractivity contribution < 1.29 is 13.9 Å². The molecule has 4 nitrogen and oxygen atoms in total. The van der Waals surface area contributed by atoms with Gasteiger partial charge in [-0.2, -0.15) is 4.39 Å². The Morgan fingerprint density at radius 3 is 2.74 bits per heavy atom. The number of unbranched alkanes of at least 4 members (excludes halogenated alkanes) is 1. The van der Waals surface area contributed by atoms with Crippen LogP contribution in [0.5, 0.6) is 5.75 Å². The van der Waals surface area contributed by atoms with Crippen LogP contribution < -0.4 is 9.64 Å². The van der Waals surface area contributed by atoms with E-state index >= 15 is 0 Å². The van der Waals surface area contributed by atoms with Crippen LogP contribution in [0.2, 0.25) is 0 Å². The van der Waals surface area contributed by atoms with E-state index in [-0.39, 0.29) is 6.29 Å². The lowest BCUT2D eigenvalue weighted by molar-refractivity contribution is -0.106. The lowest BCUT2D eigenvalue weighted by atomic mass is 10.1. The zero-order chi connectivity index (χ0) is 22.2. The molecule has 0 bridgehead atoms. The predicted octanol–water partition coefficient (Wildman–Crippen LogP) is 6.84. The third-order valence-electron chi connectivity index (χ3n) is 5.14. The van der Waals surface area contributed by atoms with Gasteiger partial charge in [-0.3, -0.25) is 4.79 Å². The molecule has 2 aromatic rings. The molecule has 0 amide bonds. The normalized spacial score (nSPS) is 17.2. The maximum absolute atomic E-state index is 13.4. The zero-order valence-corrected chi connectivity index (χ0v) is 19.8. The number of allylic oxidation sites excluding steroid dienone is 1. The second-order valence-electron chi connectivity index (χ2n) is 7.32. The van der Waals surface area contributed by atoms with Gasteiger partial charge in [-0.25, -0.2) is 4.31 Å². The van der Waals surface area contributed by atoms with E-state index in [1.807, 2.05) is 12.1 Å². The minimum atomic E-state index is -0.933. The first-order chi connectivity index (χ1) is 15.1. The van der Waals surface area contributed by atoms with Crippen LogP contribution in [-0.4, -0.2) is 36.0 Å². The predicted molar refractivity (Wildman–Crippen MR) is 129 cm³/mol. The molecular formula is C24H29FN2O2S2. The van der Waals surface area contributed by atoms with E-state index in [4.69, 9.17) is 4.74 Å². The molecule has 0 saturated heterocycles. The van der Waals surface area contributed by atoms with Crippen LogP contribution in [0.15, 0.2) is 64.3 Å². The zero-order valence-electron chi connectivity index (χ0n) is 18.2. The van der Waals surface area contributed by atoms with Crippen molar-refractivity contribution >= 4 is 41.4 Å². The van der Waals surface area contributed by atoms with Gasteiger partial charge < -0.3 is 9.64 Å². The molecule has 0 spiro atoms. The molecule has 1 aliphatic rings. The second-order valence-corrected chi connectivity index (χ2v) is 9.82. The van der Waals surface area contributed by atoms with Gasteiger partial charge in [-0.15, -0.1) is 11.8 Å². The number of halogens is 1. The summed E-state index contributed by atoms with van der Waals surface area (Å²) in [7, 11) is 2.13. The van der Waals surface area contributed by atoms with E-state index in [1.54, 1.807) is 23.7 Å². The van der Waals surface area contributed by atoms with Crippen molar-refractivity contribution in [1.82, 2.24) is 4.31 Å². The molecule has 0 aliphatic carbocycles. The average molecular weight is 461 g/mol. The van der Waals surface area contributed by atoms with Crippen molar-refractivity contribution in [3.05, 3.63) is 54.6 Å². The molecule has 0 aromatic heterocycles. The molecule has 1 atom stereocenters. The Bertz CT molecular complexity index is 908. The number of carbonyl (C=O) groups excluding carboxylic acids is 1. The fourth-order valence-corrected chi connectivity index (χ4v) is 5.35. The number of ether oxygens (including phenoxy) is 1. The van der Waals surface area contributed by atoms with Crippen molar-refractivity contribution in [3.8, 4) is 5.75 Å². The highest BCUT2D eigenvalue weighted by molar-refractivity contribution is 7.99. The van der Waals surface area contributed by atoms with Gasteiger partial charge in [0.1, 0.15) is 12.0 Å². The van der Waals surface area contributed by atoms with Gasteiger partial charge in [0, 0.05) is 18.3 Å². The summed E-state index contributed by atoms with van der Waals surface area (Å²) in [5, 5.41) is 0. The quantitative estimate of drug-likeness (QED) is 0.134. The number of nitrogens with zero attached hydrogens (tertiary/aromatic N) is 2. The van der Waals surface area contributed by atoms with E-state index < -0.39 is 5.83 Å². The van der Waals surface area contributed by atoms with Crippen molar-refractivity contribution in [2.45, 2.75) is 48.9 Å². The van der Waals surface area contributed by atoms with E-state index in [0.717, 1.165) is 52.6 Å². The summed E-state index contributed by atoms with van der Waals surface area (Å²) in [6.45, 7) is 5.17. The van der Waals surface area contributed by atoms with Crippen LogP contribution >= 0.6 is 23.7 Å². The Labute approximate surface area is 193 Å².